The van der Waals surface area contributed by atoms with Crippen LogP contribution in [0, 0.1) is 13.8 Å². The molecule has 0 saturated heterocycles. The lowest BCUT2D eigenvalue weighted by Crippen LogP contribution is -2.20. The molecule has 0 spiro atoms. The van der Waals surface area contributed by atoms with Gasteiger partial charge in [0.25, 0.3) is 0 Å². The maximum atomic E-state index is 5.41. The van der Waals surface area contributed by atoms with Crippen molar-refractivity contribution >= 4 is 0 Å². The van der Waals surface area contributed by atoms with Crippen LogP contribution in [0.5, 0.6) is 11.5 Å². The maximum absolute atomic E-state index is 5.41. The van der Waals surface area contributed by atoms with Crippen LogP contribution in [0.25, 0.3) is 0 Å². The third-order valence-electron chi connectivity index (χ3n) is 4.44. The smallest absolute Gasteiger partial charge is 0.122 e. The van der Waals surface area contributed by atoms with Crippen LogP contribution in [-0.4, -0.2) is 14.2 Å². The summed E-state index contributed by atoms with van der Waals surface area (Å²) in [6.07, 6.45) is 0. The van der Waals surface area contributed by atoms with Crippen molar-refractivity contribution in [2.75, 3.05) is 14.2 Å². The Labute approximate surface area is 127 Å². The molecule has 2 heteroatoms. The molecule has 0 aromatic heterocycles. The first-order chi connectivity index (χ1) is 9.91. The number of ether oxygens (including phenoxy) is 2. The summed E-state index contributed by atoms with van der Waals surface area (Å²) in [7, 11) is 3.41. The molecule has 0 N–H and O–H groups in total. The fourth-order valence-corrected chi connectivity index (χ4v) is 2.86. The van der Waals surface area contributed by atoms with Crippen LogP contribution < -0.4 is 9.47 Å². The van der Waals surface area contributed by atoms with Crippen molar-refractivity contribution in [1.82, 2.24) is 0 Å². The first-order valence-electron chi connectivity index (χ1n) is 7.21. The first-order valence-corrected chi connectivity index (χ1v) is 7.21. The van der Waals surface area contributed by atoms with E-state index in [0.29, 0.717) is 0 Å². The molecule has 112 valence electrons. The highest BCUT2D eigenvalue weighted by Crippen LogP contribution is 2.37. The minimum atomic E-state index is -0.0621. The maximum Gasteiger partial charge on any atom is 0.122 e. The van der Waals surface area contributed by atoms with Crippen molar-refractivity contribution in [3.8, 4) is 11.5 Å². The summed E-state index contributed by atoms with van der Waals surface area (Å²) in [6, 6.07) is 12.5. The van der Waals surface area contributed by atoms with Gasteiger partial charge in [-0.1, -0.05) is 32.0 Å². The minimum absolute atomic E-state index is 0.0621. The number of rotatable bonds is 4. The third-order valence-corrected chi connectivity index (χ3v) is 4.44. The quantitative estimate of drug-likeness (QED) is 0.814. The van der Waals surface area contributed by atoms with Crippen molar-refractivity contribution in [2.24, 2.45) is 0 Å². The topological polar surface area (TPSA) is 18.5 Å². The second-order valence-electron chi connectivity index (χ2n) is 5.92. The van der Waals surface area contributed by atoms with Gasteiger partial charge in [-0.2, -0.15) is 0 Å². The van der Waals surface area contributed by atoms with Gasteiger partial charge < -0.3 is 9.47 Å². The van der Waals surface area contributed by atoms with E-state index >= 15 is 0 Å². The first kappa shape index (κ1) is 15.4. The third kappa shape index (κ3) is 2.76. The Morgan fingerprint density at radius 3 is 1.90 bits per heavy atom. The Hall–Kier alpha value is -1.96. The molecule has 0 saturated carbocycles. The van der Waals surface area contributed by atoms with Crippen LogP contribution >= 0.6 is 0 Å². The SMILES string of the molecule is COc1ccc(C(C)(C)c2ccc(OC)c(C)c2C)cc1. The summed E-state index contributed by atoms with van der Waals surface area (Å²) in [6.45, 7) is 8.78. The van der Waals surface area contributed by atoms with E-state index < -0.39 is 0 Å². The lowest BCUT2D eigenvalue weighted by atomic mass is 9.75. The van der Waals surface area contributed by atoms with Crippen molar-refractivity contribution in [3.63, 3.8) is 0 Å². The molecule has 0 radical (unpaired) electrons. The minimum Gasteiger partial charge on any atom is -0.497 e. The number of benzene rings is 2. The Balaban J connectivity index is 2.49. The predicted octanol–water partition coefficient (Wildman–Crippen LogP) is 4.65. The molecular weight excluding hydrogens is 260 g/mol. The second kappa shape index (κ2) is 5.80. The van der Waals surface area contributed by atoms with Gasteiger partial charge in [-0.25, -0.2) is 0 Å². The largest absolute Gasteiger partial charge is 0.497 e. The highest BCUT2D eigenvalue weighted by Gasteiger charge is 2.26. The lowest BCUT2D eigenvalue weighted by Gasteiger charge is -2.29. The van der Waals surface area contributed by atoms with Gasteiger partial charge in [-0.05, 0) is 54.3 Å². The van der Waals surface area contributed by atoms with E-state index in [0.717, 1.165) is 11.5 Å². The van der Waals surface area contributed by atoms with Crippen LogP contribution in [0.4, 0.5) is 0 Å². The average Bonchev–Trinajstić information content (AvgIpc) is 2.49. The van der Waals surface area contributed by atoms with E-state index in [-0.39, 0.29) is 5.41 Å². The van der Waals surface area contributed by atoms with E-state index in [2.05, 4.69) is 52.0 Å². The summed E-state index contributed by atoms with van der Waals surface area (Å²) >= 11 is 0. The Kier molecular flexibility index (Phi) is 4.26. The van der Waals surface area contributed by atoms with Gasteiger partial charge in [0, 0.05) is 5.41 Å². The van der Waals surface area contributed by atoms with E-state index in [9.17, 15) is 0 Å². The standard InChI is InChI=1S/C19H24O2/c1-13-14(2)18(21-6)12-11-17(13)19(3,4)15-7-9-16(20-5)10-8-15/h7-12H,1-6H3. The fourth-order valence-electron chi connectivity index (χ4n) is 2.86. The average molecular weight is 284 g/mol. The molecule has 0 unspecified atom stereocenters. The normalized spacial score (nSPS) is 11.3. The van der Waals surface area contributed by atoms with Gasteiger partial charge in [0.1, 0.15) is 11.5 Å². The summed E-state index contributed by atoms with van der Waals surface area (Å²) < 4.78 is 10.7. The Morgan fingerprint density at radius 1 is 0.762 bits per heavy atom. The van der Waals surface area contributed by atoms with Gasteiger partial charge in [0.2, 0.25) is 0 Å². The molecule has 2 rings (SSSR count). The summed E-state index contributed by atoms with van der Waals surface area (Å²) in [4.78, 5) is 0. The van der Waals surface area contributed by atoms with E-state index in [1.54, 1.807) is 14.2 Å². The molecule has 2 nitrogen and oxygen atoms in total. The molecule has 0 heterocycles. The highest BCUT2D eigenvalue weighted by atomic mass is 16.5. The molecule has 0 atom stereocenters. The molecule has 0 aliphatic heterocycles. The zero-order valence-electron chi connectivity index (χ0n) is 13.8. The van der Waals surface area contributed by atoms with Gasteiger partial charge in [-0.15, -0.1) is 0 Å². The number of methoxy groups -OCH3 is 2. The van der Waals surface area contributed by atoms with Gasteiger partial charge in [0.15, 0.2) is 0 Å². The molecule has 0 bridgehead atoms. The summed E-state index contributed by atoms with van der Waals surface area (Å²) in [5, 5.41) is 0. The van der Waals surface area contributed by atoms with Crippen molar-refractivity contribution in [2.45, 2.75) is 33.1 Å². The van der Waals surface area contributed by atoms with E-state index in [1.165, 1.54) is 22.3 Å². The fraction of sp³-hybridized carbons (Fsp3) is 0.368. The molecule has 0 aliphatic rings. The molecule has 2 aromatic rings. The number of hydrogen-bond acceptors (Lipinski definition) is 2. The monoisotopic (exact) mass is 284 g/mol. The predicted molar refractivity (Wildman–Crippen MR) is 87.6 cm³/mol. The zero-order valence-corrected chi connectivity index (χ0v) is 13.8. The summed E-state index contributed by atoms with van der Waals surface area (Å²) in [5.74, 6) is 1.83. The van der Waals surface area contributed by atoms with Crippen LogP contribution in [-0.2, 0) is 5.41 Å². The highest BCUT2D eigenvalue weighted by molar-refractivity contribution is 5.50. The molecule has 0 amide bonds. The molecule has 0 fully saturated rings. The second-order valence-corrected chi connectivity index (χ2v) is 5.92. The Bertz CT molecular complexity index is 625. The lowest BCUT2D eigenvalue weighted by molar-refractivity contribution is 0.410. The van der Waals surface area contributed by atoms with Gasteiger partial charge in [0.05, 0.1) is 14.2 Å². The number of hydrogen-bond donors (Lipinski definition) is 0. The van der Waals surface area contributed by atoms with Crippen LogP contribution in [0.3, 0.4) is 0 Å². The van der Waals surface area contributed by atoms with Crippen LogP contribution in [0.1, 0.15) is 36.1 Å². The molecular formula is C19H24O2. The zero-order chi connectivity index (χ0) is 15.6. The molecule has 2 aromatic carbocycles. The van der Waals surface area contributed by atoms with Crippen molar-refractivity contribution in [1.29, 1.82) is 0 Å². The van der Waals surface area contributed by atoms with Gasteiger partial charge >= 0.3 is 0 Å². The van der Waals surface area contributed by atoms with Crippen molar-refractivity contribution in [3.05, 3.63) is 58.7 Å². The van der Waals surface area contributed by atoms with Gasteiger partial charge in [-0.3, -0.25) is 0 Å². The van der Waals surface area contributed by atoms with E-state index in [1.807, 2.05) is 12.1 Å². The molecule has 0 aliphatic carbocycles. The van der Waals surface area contributed by atoms with Crippen LogP contribution in [0.15, 0.2) is 36.4 Å². The molecule has 21 heavy (non-hydrogen) atoms. The summed E-state index contributed by atoms with van der Waals surface area (Å²) in [5.41, 5.74) is 5.03. The van der Waals surface area contributed by atoms with Crippen LogP contribution in [0.2, 0.25) is 0 Å². The van der Waals surface area contributed by atoms with Crippen molar-refractivity contribution < 1.29 is 9.47 Å². The Morgan fingerprint density at radius 2 is 1.38 bits per heavy atom. The van der Waals surface area contributed by atoms with E-state index in [4.69, 9.17) is 9.47 Å².